The fourth-order valence-corrected chi connectivity index (χ4v) is 3.28. The Labute approximate surface area is 144 Å². The van der Waals surface area contributed by atoms with Gasteiger partial charge in [-0.3, -0.25) is 0 Å². The summed E-state index contributed by atoms with van der Waals surface area (Å²) in [5, 5.41) is 0. The fourth-order valence-electron chi connectivity index (χ4n) is 2.16. The molecule has 0 aromatic heterocycles. The Kier molecular flexibility index (Phi) is 4.88. The van der Waals surface area contributed by atoms with E-state index in [1.807, 2.05) is 0 Å². The van der Waals surface area contributed by atoms with Crippen molar-refractivity contribution in [3.63, 3.8) is 0 Å². The van der Waals surface area contributed by atoms with Gasteiger partial charge in [0.2, 0.25) is 5.67 Å². The molecule has 0 fully saturated rings. The van der Waals surface area contributed by atoms with E-state index in [9.17, 15) is 22.0 Å². The van der Waals surface area contributed by atoms with Crippen molar-refractivity contribution < 1.29 is 26.3 Å². The van der Waals surface area contributed by atoms with Crippen LogP contribution in [0.1, 0.15) is 11.1 Å². The standard InChI is InChI=1S/C15H8Br2F6/c16-11-7-3-1-5-9(11)13(18,14(19,20)15(21,22)23)10-6-2-4-8-12(10)17/h1-8H. The second-order valence-electron chi connectivity index (χ2n) is 4.69. The smallest absolute Gasteiger partial charge is 0.226 e. The van der Waals surface area contributed by atoms with Crippen LogP contribution in [0.15, 0.2) is 57.5 Å². The van der Waals surface area contributed by atoms with Crippen LogP contribution in [0.5, 0.6) is 0 Å². The maximum absolute atomic E-state index is 15.5. The van der Waals surface area contributed by atoms with Gasteiger partial charge >= 0.3 is 12.1 Å². The normalized spacial score (nSPS) is 13.2. The highest BCUT2D eigenvalue weighted by Crippen LogP contribution is 2.56. The van der Waals surface area contributed by atoms with Gasteiger partial charge in [-0.25, -0.2) is 4.39 Å². The molecule has 23 heavy (non-hydrogen) atoms. The van der Waals surface area contributed by atoms with Crippen molar-refractivity contribution in [3.8, 4) is 0 Å². The average Bonchev–Trinajstić information content (AvgIpc) is 2.46. The summed E-state index contributed by atoms with van der Waals surface area (Å²) < 4.78 is 82.3. The van der Waals surface area contributed by atoms with Crippen molar-refractivity contribution in [1.29, 1.82) is 0 Å². The Morgan fingerprint density at radius 1 is 0.609 bits per heavy atom. The highest BCUT2D eigenvalue weighted by molar-refractivity contribution is 9.10. The van der Waals surface area contributed by atoms with E-state index in [0.717, 1.165) is 12.1 Å². The third-order valence-corrected chi connectivity index (χ3v) is 4.66. The molecular formula is C15H8Br2F6. The van der Waals surface area contributed by atoms with Gasteiger partial charge in [0.1, 0.15) is 0 Å². The number of alkyl halides is 6. The molecule has 0 heterocycles. The lowest BCUT2D eigenvalue weighted by Gasteiger charge is -2.36. The van der Waals surface area contributed by atoms with Gasteiger partial charge in [-0.15, -0.1) is 0 Å². The Morgan fingerprint density at radius 3 is 1.26 bits per heavy atom. The lowest BCUT2D eigenvalue weighted by Crippen LogP contribution is -2.53. The van der Waals surface area contributed by atoms with Crippen LogP contribution >= 0.6 is 31.9 Å². The minimum Gasteiger partial charge on any atom is -0.226 e. The Hall–Kier alpha value is -1.02. The number of rotatable bonds is 3. The highest BCUT2D eigenvalue weighted by atomic mass is 79.9. The predicted molar refractivity (Wildman–Crippen MR) is 81.2 cm³/mol. The lowest BCUT2D eigenvalue weighted by atomic mass is 9.82. The molecule has 2 aromatic carbocycles. The molecule has 0 amide bonds. The fraction of sp³-hybridized carbons (Fsp3) is 0.200. The van der Waals surface area contributed by atoms with Crippen molar-refractivity contribution in [2.75, 3.05) is 0 Å². The maximum Gasteiger partial charge on any atom is 0.457 e. The summed E-state index contributed by atoms with van der Waals surface area (Å²) in [7, 11) is 0. The van der Waals surface area contributed by atoms with Gasteiger partial charge in [-0.1, -0.05) is 68.3 Å². The zero-order valence-electron chi connectivity index (χ0n) is 11.1. The van der Waals surface area contributed by atoms with E-state index >= 15 is 4.39 Å². The Morgan fingerprint density at radius 2 is 0.957 bits per heavy atom. The zero-order valence-corrected chi connectivity index (χ0v) is 14.3. The van der Waals surface area contributed by atoms with Gasteiger partial charge in [0, 0.05) is 20.1 Å². The molecule has 124 valence electrons. The molecule has 0 aliphatic carbocycles. The monoisotopic (exact) mass is 460 g/mol. The molecule has 0 nitrogen and oxygen atoms in total. The summed E-state index contributed by atoms with van der Waals surface area (Å²) >= 11 is 5.71. The van der Waals surface area contributed by atoms with Gasteiger partial charge in [-0.2, -0.15) is 22.0 Å². The average molecular weight is 462 g/mol. The van der Waals surface area contributed by atoms with Crippen molar-refractivity contribution >= 4 is 31.9 Å². The van der Waals surface area contributed by atoms with Crippen LogP contribution < -0.4 is 0 Å². The number of hydrogen-bond donors (Lipinski definition) is 0. The highest BCUT2D eigenvalue weighted by Gasteiger charge is 2.73. The maximum atomic E-state index is 15.5. The molecule has 2 aromatic rings. The SMILES string of the molecule is FC(F)(F)C(F)(F)C(F)(c1ccccc1Br)c1ccccc1Br. The summed E-state index contributed by atoms with van der Waals surface area (Å²) in [5.41, 5.74) is -5.73. The van der Waals surface area contributed by atoms with Crippen LogP contribution in [-0.2, 0) is 5.67 Å². The summed E-state index contributed by atoms with van der Waals surface area (Å²) in [4.78, 5) is 0. The predicted octanol–water partition coefficient (Wildman–Crippen LogP) is 6.62. The van der Waals surface area contributed by atoms with E-state index in [1.165, 1.54) is 36.4 Å². The molecule has 8 heteroatoms. The van der Waals surface area contributed by atoms with Crippen LogP contribution in [0, 0.1) is 0 Å². The first kappa shape index (κ1) is 18.3. The van der Waals surface area contributed by atoms with Crippen LogP contribution in [0.2, 0.25) is 0 Å². The number of halogens is 8. The van der Waals surface area contributed by atoms with Gasteiger partial charge in [0.25, 0.3) is 0 Å². The quantitative estimate of drug-likeness (QED) is 0.450. The van der Waals surface area contributed by atoms with Crippen LogP contribution in [-0.4, -0.2) is 12.1 Å². The summed E-state index contributed by atoms with van der Waals surface area (Å²) in [5.74, 6) is -5.65. The molecule has 0 saturated heterocycles. The van der Waals surface area contributed by atoms with Gasteiger partial charge in [0.05, 0.1) is 0 Å². The van der Waals surface area contributed by atoms with Crippen molar-refractivity contribution in [2.24, 2.45) is 0 Å². The molecular weight excluding hydrogens is 454 g/mol. The van der Waals surface area contributed by atoms with E-state index in [0.29, 0.717) is 0 Å². The van der Waals surface area contributed by atoms with Gasteiger partial charge in [-0.05, 0) is 12.1 Å². The molecule has 2 rings (SSSR count). The molecule has 0 N–H and O–H groups in total. The van der Waals surface area contributed by atoms with E-state index in [2.05, 4.69) is 31.9 Å². The summed E-state index contributed by atoms with van der Waals surface area (Å²) in [6, 6.07) is 9.35. The first-order valence-electron chi connectivity index (χ1n) is 6.17. The molecule has 0 aliphatic rings. The molecule has 0 spiro atoms. The topological polar surface area (TPSA) is 0 Å². The molecule has 0 bridgehead atoms. The second kappa shape index (κ2) is 6.12. The number of benzene rings is 2. The van der Waals surface area contributed by atoms with Crippen molar-refractivity contribution in [1.82, 2.24) is 0 Å². The van der Waals surface area contributed by atoms with Gasteiger partial charge < -0.3 is 0 Å². The summed E-state index contributed by atoms with van der Waals surface area (Å²) in [6.07, 6.45) is -6.08. The minimum atomic E-state index is -6.08. The van der Waals surface area contributed by atoms with E-state index in [4.69, 9.17) is 0 Å². The first-order valence-corrected chi connectivity index (χ1v) is 7.75. The zero-order chi connectivity index (χ0) is 17.5. The summed E-state index contributed by atoms with van der Waals surface area (Å²) in [6.45, 7) is 0. The number of hydrogen-bond acceptors (Lipinski definition) is 0. The van der Waals surface area contributed by atoms with Gasteiger partial charge in [0.15, 0.2) is 0 Å². The lowest BCUT2D eigenvalue weighted by molar-refractivity contribution is -0.323. The van der Waals surface area contributed by atoms with Crippen LogP contribution in [0.4, 0.5) is 26.3 Å². The van der Waals surface area contributed by atoms with E-state index in [1.54, 1.807) is 0 Å². The van der Waals surface area contributed by atoms with E-state index in [-0.39, 0.29) is 8.95 Å². The Balaban J connectivity index is 2.87. The van der Waals surface area contributed by atoms with Crippen molar-refractivity contribution in [2.45, 2.75) is 17.8 Å². The van der Waals surface area contributed by atoms with Crippen molar-refractivity contribution in [3.05, 3.63) is 68.6 Å². The first-order chi connectivity index (χ1) is 10.5. The van der Waals surface area contributed by atoms with E-state index < -0.39 is 28.9 Å². The largest absolute Gasteiger partial charge is 0.457 e. The molecule has 0 aliphatic heterocycles. The molecule has 0 radical (unpaired) electrons. The molecule has 0 unspecified atom stereocenters. The molecule has 0 atom stereocenters. The third-order valence-electron chi connectivity index (χ3n) is 3.28. The second-order valence-corrected chi connectivity index (χ2v) is 6.40. The third kappa shape index (κ3) is 2.91. The van der Waals surface area contributed by atoms with Crippen LogP contribution in [0.25, 0.3) is 0 Å². The minimum absolute atomic E-state index is 0.192. The Bertz CT molecular complexity index is 666. The van der Waals surface area contributed by atoms with Crippen LogP contribution in [0.3, 0.4) is 0 Å². The molecule has 0 saturated carbocycles.